The van der Waals surface area contributed by atoms with Crippen molar-refractivity contribution < 1.29 is 9.21 Å². The average molecular weight is 326 g/mol. The predicted molar refractivity (Wildman–Crippen MR) is 90.0 cm³/mol. The first-order valence-electron chi connectivity index (χ1n) is 7.37. The zero-order valence-corrected chi connectivity index (χ0v) is 13.9. The van der Waals surface area contributed by atoms with Gasteiger partial charge in [0.05, 0.1) is 5.69 Å². The molecule has 0 atom stereocenters. The van der Waals surface area contributed by atoms with E-state index in [2.05, 4.69) is 20.6 Å². The Hall–Kier alpha value is -3.16. The summed E-state index contributed by atoms with van der Waals surface area (Å²) in [4.78, 5) is 14.2. The van der Waals surface area contributed by atoms with Crippen molar-refractivity contribution in [1.82, 2.24) is 20.0 Å². The molecule has 3 aromatic rings. The first-order chi connectivity index (χ1) is 11.4. The lowest BCUT2D eigenvalue weighted by molar-refractivity contribution is 0.102. The van der Waals surface area contributed by atoms with Crippen LogP contribution in [0.5, 0.6) is 0 Å². The number of benzene rings is 1. The summed E-state index contributed by atoms with van der Waals surface area (Å²) in [6, 6.07) is 9.10. The molecule has 124 valence electrons. The Balaban J connectivity index is 1.74. The van der Waals surface area contributed by atoms with Gasteiger partial charge in [0.2, 0.25) is 0 Å². The summed E-state index contributed by atoms with van der Waals surface area (Å²) in [5.74, 6) is -0.00644. The molecule has 0 spiro atoms. The lowest BCUT2D eigenvalue weighted by Crippen LogP contribution is -2.13. The van der Waals surface area contributed by atoms with Gasteiger partial charge in [-0.15, -0.1) is 5.10 Å². The summed E-state index contributed by atoms with van der Waals surface area (Å²) in [7, 11) is 5.67. The number of aryl methyl sites for hydroxylation is 2. The van der Waals surface area contributed by atoms with Crippen molar-refractivity contribution in [3.8, 4) is 11.6 Å². The second-order valence-electron chi connectivity index (χ2n) is 5.60. The van der Waals surface area contributed by atoms with E-state index in [0.717, 1.165) is 11.4 Å². The minimum absolute atomic E-state index is 0.0468. The zero-order valence-electron chi connectivity index (χ0n) is 13.9. The summed E-state index contributed by atoms with van der Waals surface area (Å²) in [6.07, 6.45) is 0. The van der Waals surface area contributed by atoms with E-state index in [1.165, 1.54) is 0 Å². The van der Waals surface area contributed by atoms with Gasteiger partial charge in [-0.1, -0.05) is 5.10 Å². The van der Waals surface area contributed by atoms with Crippen molar-refractivity contribution >= 4 is 17.6 Å². The van der Waals surface area contributed by atoms with E-state index in [1.807, 2.05) is 44.1 Å². The molecular formula is C16H18N6O2. The number of rotatable bonds is 4. The second-order valence-corrected chi connectivity index (χ2v) is 5.60. The summed E-state index contributed by atoms with van der Waals surface area (Å²) in [6.45, 7) is 1.87. The van der Waals surface area contributed by atoms with Crippen LogP contribution in [-0.4, -0.2) is 40.0 Å². The van der Waals surface area contributed by atoms with Gasteiger partial charge in [-0.3, -0.25) is 14.8 Å². The third-order valence-electron chi connectivity index (χ3n) is 3.51. The molecule has 2 aromatic heterocycles. The molecule has 2 heterocycles. The predicted octanol–water partition coefficient (Wildman–Crippen LogP) is 2.10. The number of carbonyl (C=O) groups is 1. The largest absolute Gasteiger partial charge is 0.401 e. The van der Waals surface area contributed by atoms with Gasteiger partial charge >= 0.3 is 6.01 Å². The topological polar surface area (TPSA) is 89.1 Å². The molecule has 8 nitrogen and oxygen atoms in total. The van der Waals surface area contributed by atoms with E-state index >= 15 is 0 Å². The molecule has 0 saturated carbocycles. The highest BCUT2D eigenvalue weighted by Gasteiger charge is 2.15. The van der Waals surface area contributed by atoms with Crippen molar-refractivity contribution in [1.29, 1.82) is 0 Å². The summed E-state index contributed by atoms with van der Waals surface area (Å²) < 4.78 is 7.14. The third-order valence-corrected chi connectivity index (χ3v) is 3.51. The maximum Gasteiger partial charge on any atom is 0.322 e. The number of carbonyl (C=O) groups excluding carboxylic acids is 1. The quantitative estimate of drug-likeness (QED) is 0.790. The number of nitrogens with one attached hydrogen (secondary N) is 1. The first kappa shape index (κ1) is 15.7. The van der Waals surface area contributed by atoms with Gasteiger partial charge in [0.1, 0.15) is 5.69 Å². The molecule has 1 aromatic carbocycles. The summed E-state index contributed by atoms with van der Waals surface area (Å²) >= 11 is 0. The van der Waals surface area contributed by atoms with Crippen LogP contribution in [-0.2, 0) is 7.05 Å². The standard InChI is InChI=1S/C16H18N6O2/c1-10-9-13(22(4)20-10)15-18-19-16(24-15)17-14(23)11-5-7-12(8-6-11)21(2)3/h5-9H,1-4H3,(H,17,19,23). The highest BCUT2D eigenvalue weighted by Crippen LogP contribution is 2.20. The zero-order chi connectivity index (χ0) is 17.3. The van der Waals surface area contributed by atoms with E-state index in [0.29, 0.717) is 17.1 Å². The van der Waals surface area contributed by atoms with Crippen LogP contribution in [0.4, 0.5) is 11.7 Å². The number of hydrogen-bond donors (Lipinski definition) is 1. The SMILES string of the molecule is Cc1cc(-c2nnc(NC(=O)c3ccc(N(C)C)cc3)o2)n(C)n1. The third kappa shape index (κ3) is 3.12. The van der Waals surface area contributed by atoms with Crippen LogP contribution in [0.15, 0.2) is 34.7 Å². The molecule has 0 unspecified atom stereocenters. The Bertz CT molecular complexity index is 863. The Kier molecular flexibility index (Phi) is 4.03. The molecule has 24 heavy (non-hydrogen) atoms. The Morgan fingerprint density at radius 3 is 2.50 bits per heavy atom. The molecule has 0 aliphatic heterocycles. The Morgan fingerprint density at radius 1 is 1.21 bits per heavy atom. The number of amides is 1. The highest BCUT2D eigenvalue weighted by molar-refractivity contribution is 6.03. The van der Waals surface area contributed by atoms with Gasteiger partial charge in [-0.05, 0) is 37.3 Å². The molecule has 0 radical (unpaired) electrons. The molecule has 0 fully saturated rings. The van der Waals surface area contributed by atoms with Crippen LogP contribution in [0.2, 0.25) is 0 Å². The van der Waals surface area contributed by atoms with Gasteiger partial charge in [-0.25, -0.2) is 0 Å². The van der Waals surface area contributed by atoms with Crippen molar-refractivity contribution in [2.24, 2.45) is 7.05 Å². The molecule has 1 N–H and O–H groups in total. The van der Waals surface area contributed by atoms with E-state index in [-0.39, 0.29) is 11.9 Å². The maximum atomic E-state index is 12.2. The van der Waals surface area contributed by atoms with Crippen LogP contribution in [0.3, 0.4) is 0 Å². The average Bonchev–Trinajstić information content (AvgIpc) is 3.13. The van der Waals surface area contributed by atoms with Crippen molar-refractivity contribution in [3.63, 3.8) is 0 Å². The minimum atomic E-state index is -0.309. The van der Waals surface area contributed by atoms with E-state index in [9.17, 15) is 4.79 Å². The number of nitrogens with zero attached hydrogens (tertiary/aromatic N) is 5. The van der Waals surface area contributed by atoms with Gasteiger partial charge in [0.25, 0.3) is 11.8 Å². The van der Waals surface area contributed by atoms with Crippen LogP contribution in [0.1, 0.15) is 16.1 Å². The molecule has 8 heteroatoms. The Labute approximate surface area is 139 Å². The highest BCUT2D eigenvalue weighted by atomic mass is 16.4. The van der Waals surface area contributed by atoms with Crippen LogP contribution in [0, 0.1) is 6.92 Å². The molecule has 0 saturated heterocycles. The van der Waals surface area contributed by atoms with Crippen molar-refractivity contribution in [2.75, 3.05) is 24.3 Å². The summed E-state index contributed by atoms with van der Waals surface area (Å²) in [5.41, 5.74) is 3.06. The van der Waals surface area contributed by atoms with Gasteiger partial charge < -0.3 is 9.32 Å². The van der Waals surface area contributed by atoms with E-state index in [1.54, 1.807) is 23.9 Å². The summed E-state index contributed by atoms with van der Waals surface area (Å²) in [5, 5.41) is 14.6. The second kappa shape index (κ2) is 6.15. The maximum absolute atomic E-state index is 12.2. The first-order valence-corrected chi connectivity index (χ1v) is 7.37. The van der Waals surface area contributed by atoms with E-state index in [4.69, 9.17) is 4.42 Å². The molecule has 0 aliphatic carbocycles. The van der Waals surface area contributed by atoms with Crippen molar-refractivity contribution in [2.45, 2.75) is 6.92 Å². The van der Waals surface area contributed by atoms with Gasteiger partial charge in [-0.2, -0.15) is 5.10 Å². The molecular weight excluding hydrogens is 308 g/mol. The van der Waals surface area contributed by atoms with Crippen molar-refractivity contribution in [3.05, 3.63) is 41.6 Å². The molecule has 1 amide bonds. The molecule has 0 bridgehead atoms. The Morgan fingerprint density at radius 2 is 1.92 bits per heavy atom. The van der Waals surface area contributed by atoms with Gasteiger partial charge in [0, 0.05) is 32.4 Å². The lowest BCUT2D eigenvalue weighted by Gasteiger charge is -2.12. The number of anilines is 2. The van der Waals surface area contributed by atoms with Crippen LogP contribution < -0.4 is 10.2 Å². The minimum Gasteiger partial charge on any atom is -0.401 e. The normalized spacial score (nSPS) is 10.7. The fourth-order valence-electron chi connectivity index (χ4n) is 2.27. The molecule has 0 aliphatic rings. The number of hydrogen-bond acceptors (Lipinski definition) is 6. The smallest absolute Gasteiger partial charge is 0.322 e. The van der Waals surface area contributed by atoms with Gasteiger partial charge in [0.15, 0.2) is 0 Å². The fraction of sp³-hybridized carbons (Fsp3) is 0.250. The lowest BCUT2D eigenvalue weighted by atomic mass is 10.2. The monoisotopic (exact) mass is 326 g/mol. The van der Waals surface area contributed by atoms with E-state index < -0.39 is 0 Å². The molecule has 3 rings (SSSR count). The van der Waals surface area contributed by atoms with Crippen LogP contribution in [0.25, 0.3) is 11.6 Å². The number of aromatic nitrogens is 4. The fourth-order valence-corrected chi connectivity index (χ4v) is 2.27. The van der Waals surface area contributed by atoms with Crippen LogP contribution >= 0.6 is 0 Å².